The predicted octanol–water partition coefficient (Wildman–Crippen LogP) is 4.24. The molecule has 0 aliphatic carbocycles. The maximum absolute atomic E-state index is 5.87. The minimum Gasteiger partial charge on any atom is -0.232 e. The third kappa shape index (κ3) is 2.22. The maximum atomic E-state index is 5.87. The third-order valence-electron chi connectivity index (χ3n) is 2.12. The van der Waals surface area contributed by atoms with Gasteiger partial charge in [0.15, 0.2) is 5.82 Å². The van der Waals surface area contributed by atoms with Crippen molar-refractivity contribution in [3.05, 3.63) is 32.3 Å². The highest BCUT2D eigenvalue weighted by molar-refractivity contribution is 9.10. The van der Waals surface area contributed by atoms with Gasteiger partial charge >= 0.3 is 0 Å². The Balaban J connectivity index is 2.55. The van der Waals surface area contributed by atoms with Gasteiger partial charge in [-0.15, -0.1) is 11.3 Å². The van der Waals surface area contributed by atoms with Crippen molar-refractivity contribution in [3.8, 4) is 10.7 Å². The quantitative estimate of drug-likeness (QED) is 0.737. The molecule has 15 heavy (non-hydrogen) atoms. The summed E-state index contributed by atoms with van der Waals surface area (Å²) in [4.78, 5) is 9.79. The van der Waals surface area contributed by atoms with Gasteiger partial charge in [0.25, 0.3) is 0 Å². The average Bonchev–Trinajstić information content (AvgIpc) is 2.60. The summed E-state index contributed by atoms with van der Waals surface area (Å²) >= 11 is 10.8. The van der Waals surface area contributed by atoms with Gasteiger partial charge in [0.1, 0.15) is 4.60 Å². The van der Waals surface area contributed by atoms with E-state index in [1.165, 1.54) is 11.3 Å². The molecule has 0 fully saturated rings. The minimum atomic E-state index is 0.724. The highest BCUT2D eigenvalue weighted by Gasteiger charge is 2.09. The summed E-state index contributed by atoms with van der Waals surface area (Å²) in [5, 5.41) is 0. The van der Waals surface area contributed by atoms with Crippen molar-refractivity contribution in [2.45, 2.75) is 13.8 Å². The van der Waals surface area contributed by atoms with Gasteiger partial charge in [-0.05, 0) is 41.9 Å². The van der Waals surface area contributed by atoms with Crippen molar-refractivity contribution in [3.63, 3.8) is 0 Å². The van der Waals surface area contributed by atoms with E-state index < -0.39 is 0 Å². The summed E-state index contributed by atoms with van der Waals surface area (Å²) in [6.07, 6.45) is 0. The summed E-state index contributed by atoms with van der Waals surface area (Å²) in [5.74, 6) is 0.724. The normalized spacial score (nSPS) is 10.7. The fourth-order valence-corrected chi connectivity index (χ4v) is 2.57. The summed E-state index contributed by atoms with van der Waals surface area (Å²) < 4.78 is 1.59. The van der Waals surface area contributed by atoms with Crippen molar-refractivity contribution in [1.29, 1.82) is 0 Å². The molecule has 0 atom stereocenters. The first-order valence-electron chi connectivity index (χ1n) is 4.34. The lowest BCUT2D eigenvalue weighted by Gasteiger charge is -2.03. The molecule has 0 aliphatic rings. The van der Waals surface area contributed by atoms with Crippen LogP contribution >= 0.6 is 38.9 Å². The van der Waals surface area contributed by atoms with Crippen LogP contribution in [0.1, 0.15) is 11.3 Å². The zero-order chi connectivity index (χ0) is 11.0. The highest BCUT2D eigenvalue weighted by atomic mass is 79.9. The van der Waals surface area contributed by atoms with Crippen molar-refractivity contribution in [2.24, 2.45) is 0 Å². The van der Waals surface area contributed by atoms with Gasteiger partial charge in [0, 0.05) is 11.3 Å². The number of aromatic nitrogens is 2. The second-order valence-electron chi connectivity index (χ2n) is 3.15. The number of halogens is 2. The first kappa shape index (κ1) is 11.0. The highest BCUT2D eigenvalue weighted by Crippen LogP contribution is 2.30. The van der Waals surface area contributed by atoms with Crippen LogP contribution in [0.25, 0.3) is 10.7 Å². The molecule has 5 heteroatoms. The van der Waals surface area contributed by atoms with Gasteiger partial charge in [-0.25, -0.2) is 9.97 Å². The summed E-state index contributed by atoms with van der Waals surface area (Å²) in [6.45, 7) is 3.96. The van der Waals surface area contributed by atoms with Gasteiger partial charge in [-0.3, -0.25) is 0 Å². The number of thiophene rings is 1. The lowest BCUT2D eigenvalue weighted by molar-refractivity contribution is 1.05. The Kier molecular flexibility index (Phi) is 3.09. The molecule has 78 valence electrons. The zero-order valence-electron chi connectivity index (χ0n) is 8.21. The molecular weight excluding hydrogens is 296 g/mol. The topological polar surface area (TPSA) is 25.8 Å². The second-order valence-corrected chi connectivity index (χ2v) is 5.62. The average molecular weight is 304 g/mol. The molecule has 0 spiro atoms. The molecule has 0 amide bonds. The molecule has 0 saturated heterocycles. The Bertz CT molecular complexity index is 487. The third-order valence-corrected chi connectivity index (χ3v) is 4.12. The SMILES string of the molecule is Cc1nc(-c2ccc(Cl)s2)nc(Br)c1C. The molecule has 2 rings (SSSR count). The van der Waals surface area contributed by atoms with Crippen LogP contribution in [0.3, 0.4) is 0 Å². The molecule has 2 heterocycles. The van der Waals surface area contributed by atoms with Gasteiger partial charge in [-0.2, -0.15) is 0 Å². The molecule has 0 bridgehead atoms. The zero-order valence-corrected chi connectivity index (χ0v) is 11.4. The first-order valence-corrected chi connectivity index (χ1v) is 6.33. The van der Waals surface area contributed by atoms with Crippen LogP contribution in [0.5, 0.6) is 0 Å². The van der Waals surface area contributed by atoms with Crippen LogP contribution in [0.15, 0.2) is 16.7 Å². The van der Waals surface area contributed by atoms with E-state index in [-0.39, 0.29) is 0 Å². The van der Waals surface area contributed by atoms with Crippen molar-refractivity contribution in [1.82, 2.24) is 9.97 Å². The van der Waals surface area contributed by atoms with E-state index in [0.29, 0.717) is 0 Å². The van der Waals surface area contributed by atoms with Crippen molar-refractivity contribution in [2.75, 3.05) is 0 Å². The lowest BCUT2D eigenvalue weighted by atomic mass is 10.3. The molecule has 0 aromatic carbocycles. The van der Waals surface area contributed by atoms with Crippen molar-refractivity contribution < 1.29 is 0 Å². The fourth-order valence-electron chi connectivity index (χ4n) is 1.14. The van der Waals surface area contributed by atoms with E-state index in [1.807, 2.05) is 26.0 Å². The molecule has 0 aliphatic heterocycles. The fraction of sp³-hybridized carbons (Fsp3) is 0.200. The molecular formula is C10H8BrClN2S. The molecule has 2 aromatic rings. The number of rotatable bonds is 1. The van der Waals surface area contributed by atoms with E-state index >= 15 is 0 Å². The number of aryl methyl sites for hydroxylation is 1. The van der Waals surface area contributed by atoms with Gasteiger partial charge in [-0.1, -0.05) is 11.6 Å². The second kappa shape index (κ2) is 4.20. The molecule has 2 aromatic heterocycles. The van der Waals surface area contributed by atoms with E-state index in [1.54, 1.807) is 0 Å². The molecule has 0 N–H and O–H groups in total. The smallest absolute Gasteiger partial charge is 0.170 e. The molecule has 2 nitrogen and oxygen atoms in total. The summed E-state index contributed by atoms with van der Waals surface area (Å²) in [5.41, 5.74) is 2.05. The lowest BCUT2D eigenvalue weighted by Crippen LogP contribution is -1.95. The largest absolute Gasteiger partial charge is 0.232 e. The van der Waals surface area contributed by atoms with E-state index in [0.717, 1.165) is 30.9 Å². The first-order chi connectivity index (χ1) is 7.08. The summed E-state index contributed by atoms with van der Waals surface area (Å²) in [6, 6.07) is 3.79. The Morgan fingerprint density at radius 1 is 1.27 bits per heavy atom. The monoisotopic (exact) mass is 302 g/mol. The van der Waals surface area contributed by atoms with Crippen LogP contribution in [0, 0.1) is 13.8 Å². The van der Waals surface area contributed by atoms with E-state index in [9.17, 15) is 0 Å². The Morgan fingerprint density at radius 2 is 2.00 bits per heavy atom. The Labute approximate surface area is 105 Å². The van der Waals surface area contributed by atoms with E-state index in [2.05, 4.69) is 25.9 Å². The van der Waals surface area contributed by atoms with Crippen LogP contribution in [0.2, 0.25) is 4.34 Å². The van der Waals surface area contributed by atoms with E-state index in [4.69, 9.17) is 11.6 Å². The van der Waals surface area contributed by atoms with Crippen LogP contribution in [-0.2, 0) is 0 Å². The van der Waals surface area contributed by atoms with Crippen LogP contribution < -0.4 is 0 Å². The number of nitrogens with zero attached hydrogens (tertiary/aromatic N) is 2. The Hall–Kier alpha value is -0.450. The van der Waals surface area contributed by atoms with Crippen molar-refractivity contribution >= 4 is 38.9 Å². The maximum Gasteiger partial charge on any atom is 0.170 e. The van der Waals surface area contributed by atoms with Gasteiger partial charge in [0.05, 0.1) is 9.21 Å². The number of hydrogen-bond acceptors (Lipinski definition) is 3. The van der Waals surface area contributed by atoms with Gasteiger partial charge < -0.3 is 0 Å². The van der Waals surface area contributed by atoms with Gasteiger partial charge in [0.2, 0.25) is 0 Å². The Morgan fingerprint density at radius 3 is 2.53 bits per heavy atom. The predicted molar refractivity (Wildman–Crippen MR) is 67.5 cm³/mol. The minimum absolute atomic E-state index is 0.724. The summed E-state index contributed by atoms with van der Waals surface area (Å²) in [7, 11) is 0. The molecule has 0 radical (unpaired) electrons. The van der Waals surface area contributed by atoms with Crippen LogP contribution in [0.4, 0.5) is 0 Å². The molecule has 0 unspecified atom stereocenters. The number of hydrogen-bond donors (Lipinski definition) is 0. The standard InChI is InChI=1S/C10H8BrClN2S/c1-5-6(2)13-10(14-9(5)11)7-3-4-8(12)15-7/h3-4H,1-2H3. The van der Waals surface area contributed by atoms with Crippen LogP contribution in [-0.4, -0.2) is 9.97 Å². The molecule has 0 saturated carbocycles.